The van der Waals surface area contributed by atoms with E-state index >= 15 is 0 Å². The number of ether oxygens (including phenoxy) is 1. The summed E-state index contributed by atoms with van der Waals surface area (Å²) in [6.45, 7) is 13.2. The van der Waals surface area contributed by atoms with Crippen LogP contribution in [0.5, 0.6) is 11.5 Å². The van der Waals surface area contributed by atoms with Crippen molar-refractivity contribution in [2.75, 3.05) is 0 Å². The summed E-state index contributed by atoms with van der Waals surface area (Å²) in [7, 11) is 0. The minimum absolute atomic E-state index is 0. The van der Waals surface area contributed by atoms with Gasteiger partial charge in [-0.2, -0.15) is 0 Å². The van der Waals surface area contributed by atoms with E-state index in [2.05, 4.69) is 97.9 Å². The molecular weight excluding hydrogens is 700 g/mol. The van der Waals surface area contributed by atoms with Crippen LogP contribution in [-0.4, -0.2) is 19.9 Å². The van der Waals surface area contributed by atoms with E-state index in [0.29, 0.717) is 11.5 Å². The first-order chi connectivity index (χ1) is 19.6. The summed E-state index contributed by atoms with van der Waals surface area (Å²) >= 11 is 0. The van der Waals surface area contributed by atoms with Gasteiger partial charge in [0.05, 0.1) is 11.5 Å². The molecule has 0 amide bonds. The zero-order valence-corrected chi connectivity index (χ0v) is 26.9. The van der Waals surface area contributed by atoms with E-state index in [1.54, 1.807) is 12.4 Å². The van der Waals surface area contributed by atoms with Gasteiger partial charge in [0.2, 0.25) is 0 Å². The van der Waals surface area contributed by atoms with Crippen LogP contribution in [0.3, 0.4) is 0 Å². The minimum atomic E-state index is -0.00817. The van der Waals surface area contributed by atoms with Crippen molar-refractivity contribution in [1.29, 1.82) is 0 Å². The van der Waals surface area contributed by atoms with E-state index < -0.39 is 0 Å². The smallest absolute Gasteiger partial charge is 0.495 e. The maximum absolute atomic E-state index is 6.68. The summed E-state index contributed by atoms with van der Waals surface area (Å²) in [6, 6.07) is 27.2. The number of nitrogens with zero attached hydrogens (tertiary/aromatic N) is 4. The fourth-order valence-corrected chi connectivity index (χ4v) is 4.80. The van der Waals surface area contributed by atoms with Gasteiger partial charge in [-0.3, -0.25) is 9.97 Å². The Morgan fingerprint density at radius 1 is 0.548 bits per heavy atom. The third-order valence-corrected chi connectivity index (χ3v) is 7.23. The molecule has 0 atom stereocenters. The van der Waals surface area contributed by atoms with E-state index in [9.17, 15) is 0 Å². The molecule has 4 heterocycles. The first kappa shape index (κ1) is 29.5. The molecule has 0 spiro atoms. The van der Waals surface area contributed by atoms with Gasteiger partial charge in [0.25, 0.3) is 0 Å². The van der Waals surface area contributed by atoms with Crippen LogP contribution in [0.15, 0.2) is 85.5 Å². The Hall–Kier alpha value is -3.95. The van der Waals surface area contributed by atoms with Gasteiger partial charge in [0.15, 0.2) is 0 Å². The largest absolute Gasteiger partial charge is 2.00 e. The molecule has 6 heteroatoms. The van der Waals surface area contributed by atoms with E-state index in [4.69, 9.17) is 4.74 Å². The van der Waals surface area contributed by atoms with Crippen molar-refractivity contribution in [3.63, 3.8) is 0 Å². The quantitative estimate of drug-likeness (QED) is 0.170. The third-order valence-electron chi connectivity index (χ3n) is 7.23. The van der Waals surface area contributed by atoms with Crippen molar-refractivity contribution in [2.45, 2.75) is 52.4 Å². The van der Waals surface area contributed by atoms with Gasteiger partial charge in [-0.15, -0.1) is 23.3 Å². The molecule has 0 aliphatic rings. The predicted molar refractivity (Wildman–Crippen MR) is 165 cm³/mol. The molecule has 0 radical (unpaired) electrons. The maximum Gasteiger partial charge on any atom is 2.00 e. The molecule has 4 aromatic heterocycles. The van der Waals surface area contributed by atoms with Crippen LogP contribution < -0.4 is 4.74 Å². The number of benzene rings is 2. The van der Waals surface area contributed by atoms with Crippen LogP contribution in [0.1, 0.15) is 52.7 Å². The minimum Gasteiger partial charge on any atom is -0.495 e. The number of hydrogen-bond donors (Lipinski definition) is 0. The van der Waals surface area contributed by atoms with Gasteiger partial charge >= 0.3 is 21.1 Å². The summed E-state index contributed by atoms with van der Waals surface area (Å²) in [4.78, 5) is 18.6. The summed E-state index contributed by atoms with van der Waals surface area (Å²) < 4.78 is 6.68. The Morgan fingerprint density at radius 2 is 0.976 bits per heavy atom. The second-order valence-corrected chi connectivity index (χ2v) is 12.4. The molecule has 0 saturated carbocycles. The van der Waals surface area contributed by atoms with Crippen LogP contribution in [0.4, 0.5) is 0 Å². The molecule has 0 unspecified atom stereocenters. The third kappa shape index (κ3) is 5.98. The second-order valence-electron chi connectivity index (χ2n) is 12.4. The molecule has 0 fully saturated rings. The van der Waals surface area contributed by atoms with Gasteiger partial charge in [0.1, 0.15) is 0 Å². The van der Waals surface area contributed by atoms with Gasteiger partial charge < -0.3 is 14.7 Å². The molecule has 0 saturated heterocycles. The van der Waals surface area contributed by atoms with E-state index in [-0.39, 0.29) is 31.9 Å². The molecule has 5 nitrogen and oxygen atoms in total. The second kappa shape index (κ2) is 11.4. The zero-order valence-electron chi connectivity index (χ0n) is 24.6. The maximum atomic E-state index is 6.68. The predicted octanol–water partition coefficient (Wildman–Crippen LogP) is 8.89. The summed E-state index contributed by atoms with van der Waals surface area (Å²) in [6.07, 6.45) is 7.27. The Morgan fingerprint density at radius 3 is 1.38 bits per heavy atom. The first-order valence-corrected chi connectivity index (χ1v) is 13.8. The van der Waals surface area contributed by atoms with E-state index in [1.165, 1.54) is 11.1 Å². The van der Waals surface area contributed by atoms with Crippen molar-refractivity contribution in [3.05, 3.63) is 109 Å². The van der Waals surface area contributed by atoms with Gasteiger partial charge in [-0.25, -0.2) is 0 Å². The molecule has 0 aliphatic heterocycles. The Kier molecular flexibility index (Phi) is 8.00. The van der Waals surface area contributed by atoms with Crippen LogP contribution in [-0.2, 0) is 31.9 Å². The van der Waals surface area contributed by atoms with Crippen LogP contribution in [0.25, 0.3) is 44.3 Å². The Labute approximate surface area is 261 Å². The number of rotatable bonds is 4. The normalized spacial score (nSPS) is 11.9. The van der Waals surface area contributed by atoms with Crippen molar-refractivity contribution >= 4 is 21.8 Å². The zero-order chi connectivity index (χ0) is 28.8. The Bertz CT molecular complexity index is 1770. The van der Waals surface area contributed by atoms with Gasteiger partial charge in [-0.1, -0.05) is 90.1 Å². The summed E-state index contributed by atoms with van der Waals surface area (Å²) in [5.74, 6) is 1.12. The molecule has 6 aromatic rings. The van der Waals surface area contributed by atoms with Crippen molar-refractivity contribution in [2.24, 2.45) is 0 Å². The average molecular weight is 732 g/mol. The molecule has 212 valence electrons. The number of hydrogen-bond acceptors (Lipinski definition) is 5. The summed E-state index contributed by atoms with van der Waals surface area (Å²) in [5, 5.41) is 1.71. The van der Waals surface area contributed by atoms with E-state index in [0.717, 1.165) is 44.3 Å². The fourth-order valence-electron chi connectivity index (χ4n) is 4.80. The van der Waals surface area contributed by atoms with Crippen LogP contribution in [0.2, 0.25) is 0 Å². The van der Waals surface area contributed by atoms with Crippen molar-refractivity contribution in [3.8, 4) is 34.0 Å². The molecule has 0 bridgehead atoms. The number of aromatic nitrogens is 4. The molecular formula is C36H32N4OPt. The molecule has 2 aromatic carbocycles. The molecule has 0 aliphatic carbocycles. The van der Waals surface area contributed by atoms with Crippen molar-refractivity contribution < 1.29 is 25.8 Å². The standard InChI is InChI=1S/C36H32N4O.Pt/c1-35(2,3)25-11-15-39-29(21-25)23-17-31-27(9-7-13-37-31)33(19-23)41-34-20-24(18-32-28(34)10-8-14-38-32)30-22-26(12-16-40-30)36(4,5)6;/h7-18,21-22H,1-6H3;/q-2;+2. The molecule has 42 heavy (non-hydrogen) atoms. The number of fused-ring (bicyclic) bond motifs is 2. The van der Waals surface area contributed by atoms with E-state index in [1.807, 2.05) is 48.8 Å². The fraction of sp³-hybridized carbons (Fsp3) is 0.222. The SMILES string of the molecule is CC(C)(C)c1ccnc(-c2[c-]c(Oc3[c-]c(-c4cc(C(C)(C)C)ccn4)cc4ncccc34)c3cccnc3c2)c1.[Pt+2]. The first-order valence-electron chi connectivity index (χ1n) is 13.8. The topological polar surface area (TPSA) is 60.8 Å². The summed E-state index contributed by atoms with van der Waals surface area (Å²) in [5.41, 5.74) is 7.26. The van der Waals surface area contributed by atoms with Gasteiger partial charge in [-0.05, 0) is 67.3 Å². The van der Waals surface area contributed by atoms with Crippen LogP contribution >= 0.6 is 0 Å². The molecule has 6 rings (SSSR count). The average Bonchev–Trinajstić information content (AvgIpc) is 2.96. The van der Waals surface area contributed by atoms with Crippen LogP contribution in [0, 0.1) is 12.1 Å². The molecule has 0 N–H and O–H groups in total. The Balaban J connectivity index is 0.00000353. The number of pyridine rings is 4. The van der Waals surface area contributed by atoms with Crippen molar-refractivity contribution in [1.82, 2.24) is 19.9 Å². The van der Waals surface area contributed by atoms with Gasteiger partial charge in [0, 0.05) is 24.8 Å². The monoisotopic (exact) mass is 731 g/mol.